The Kier molecular flexibility index (Phi) is 7.87. The van der Waals surface area contributed by atoms with Gasteiger partial charge in [0.1, 0.15) is 6.04 Å². The van der Waals surface area contributed by atoms with Crippen molar-refractivity contribution in [3.8, 4) is 0 Å². The molecule has 34 heavy (non-hydrogen) atoms. The molecule has 4 rings (SSSR count). The van der Waals surface area contributed by atoms with Crippen LogP contribution in [0, 0.1) is 6.92 Å². The van der Waals surface area contributed by atoms with E-state index in [2.05, 4.69) is 10.3 Å². The van der Waals surface area contributed by atoms with Crippen LogP contribution in [0.25, 0.3) is 0 Å². The monoisotopic (exact) mass is 484 g/mol. The van der Waals surface area contributed by atoms with E-state index in [1.54, 1.807) is 29.2 Å². The highest BCUT2D eigenvalue weighted by Crippen LogP contribution is 2.31. The Balaban J connectivity index is 1.35. The van der Waals surface area contributed by atoms with Crippen molar-refractivity contribution < 1.29 is 14.4 Å². The molecule has 1 unspecified atom stereocenters. The number of carbonyl (C=O) groups excluding carboxylic acids is 3. The Labute approximate surface area is 204 Å². The molecule has 0 spiro atoms. The van der Waals surface area contributed by atoms with E-state index in [9.17, 15) is 14.4 Å². The first-order valence-corrected chi connectivity index (χ1v) is 12.9. The van der Waals surface area contributed by atoms with Gasteiger partial charge in [0.25, 0.3) is 5.91 Å². The van der Waals surface area contributed by atoms with Crippen LogP contribution in [0.5, 0.6) is 0 Å². The minimum Gasteiger partial charge on any atom is -0.352 e. The van der Waals surface area contributed by atoms with E-state index in [0.29, 0.717) is 36.8 Å². The van der Waals surface area contributed by atoms with Gasteiger partial charge in [-0.05, 0) is 38.3 Å². The first-order valence-electron chi connectivity index (χ1n) is 11.8. The normalized spacial score (nSPS) is 18.8. The number of hydrogen-bond donors (Lipinski definition) is 1. The minimum absolute atomic E-state index is 0.0340. The number of aryl methyl sites for hydroxylation is 2. The van der Waals surface area contributed by atoms with Crippen LogP contribution in [0.4, 0.5) is 0 Å². The first kappa shape index (κ1) is 24.3. The van der Waals surface area contributed by atoms with E-state index < -0.39 is 0 Å². The zero-order chi connectivity index (χ0) is 24.1. The average Bonchev–Trinajstić information content (AvgIpc) is 3.54. The molecular formula is C24H32N6O3S. The van der Waals surface area contributed by atoms with E-state index in [1.807, 2.05) is 34.7 Å². The lowest BCUT2D eigenvalue weighted by molar-refractivity contribution is -0.143. The van der Waals surface area contributed by atoms with Gasteiger partial charge in [0, 0.05) is 62.9 Å². The molecule has 0 aromatic carbocycles. The van der Waals surface area contributed by atoms with Crippen molar-refractivity contribution in [3.63, 3.8) is 0 Å². The number of hydrogen-bond acceptors (Lipinski definition) is 6. The number of amides is 3. The van der Waals surface area contributed by atoms with Crippen molar-refractivity contribution in [3.05, 3.63) is 47.8 Å². The van der Waals surface area contributed by atoms with Crippen molar-refractivity contribution in [2.24, 2.45) is 0 Å². The molecule has 0 saturated carbocycles. The van der Waals surface area contributed by atoms with Crippen LogP contribution >= 0.6 is 11.8 Å². The fourth-order valence-corrected chi connectivity index (χ4v) is 5.81. The van der Waals surface area contributed by atoms with E-state index in [0.717, 1.165) is 37.2 Å². The summed E-state index contributed by atoms with van der Waals surface area (Å²) in [5, 5.41) is 3.02. The van der Waals surface area contributed by atoms with Gasteiger partial charge in [-0.1, -0.05) is 0 Å². The second-order valence-electron chi connectivity index (χ2n) is 8.90. The summed E-state index contributed by atoms with van der Waals surface area (Å²) in [4.78, 5) is 50.2. The van der Waals surface area contributed by atoms with Crippen LogP contribution in [0.2, 0.25) is 0 Å². The number of rotatable bonds is 7. The fraction of sp³-hybridized carbons (Fsp3) is 0.542. The van der Waals surface area contributed by atoms with Gasteiger partial charge in [0.15, 0.2) is 0 Å². The topological polar surface area (TPSA) is 100 Å². The van der Waals surface area contributed by atoms with Crippen LogP contribution in [0.15, 0.2) is 30.9 Å². The summed E-state index contributed by atoms with van der Waals surface area (Å²) in [6, 6.07) is 3.37. The summed E-state index contributed by atoms with van der Waals surface area (Å²) in [6.45, 7) is 6.04. The smallest absolute Gasteiger partial charge is 0.253 e. The predicted octanol–water partition coefficient (Wildman–Crippen LogP) is 2.03. The number of nitrogens with one attached hydrogen (secondary N) is 1. The number of nitrogens with zero attached hydrogens (tertiary/aromatic N) is 5. The molecular weight excluding hydrogens is 452 g/mol. The van der Waals surface area contributed by atoms with Crippen LogP contribution < -0.4 is 5.32 Å². The summed E-state index contributed by atoms with van der Waals surface area (Å²) in [7, 11) is 0. The summed E-state index contributed by atoms with van der Waals surface area (Å²) in [5.41, 5.74) is 2.32. The molecule has 2 saturated heterocycles. The van der Waals surface area contributed by atoms with Gasteiger partial charge in [-0.15, -0.1) is 11.8 Å². The summed E-state index contributed by atoms with van der Waals surface area (Å²) in [6.07, 6.45) is 7.74. The number of piperidine rings is 1. The summed E-state index contributed by atoms with van der Waals surface area (Å²) < 4.78 is 1.99. The maximum atomic E-state index is 13.1. The maximum Gasteiger partial charge on any atom is 0.253 e. The minimum atomic E-state index is -0.361. The SMILES string of the molecule is CC(=O)N1CSCC1C(=O)N1CCC(c2nc(C)ccc2C(=O)NCCCn2ccnc2)CC1. The van der Waals surface area contributed by atoms with Crippen molar-refractivity contribution in [2.75, 3.05) is 31.3 Å². The van der Waals surface area contributed by atoms with Crippen molar-refractivity contribution in [2.45, 2.75) is 51.6 Å². The van der Waals surface area contributed by atoms with Gasteiger partial charge in [-0.2, -0.15) is 0 Å². The zero-order valence-corrected chi connectivity index (χ0v) is 20.6. The Bertz CT molecular complexity index is 1020. The van der Waals surface area contributed by atoms with E-state index in [1.165, 1.54) is 6.92 Å². The lowest BCUT2D eigenvalue weighted by atomic mass is 9.89. The first-order chi connectivity index (χ1) is 16.4. The predicted molar refractivity (Wildman–Crippen MR) is 130 cm³/mol. The number of aromatic nitrogens is 3. The molecule has 0 bridgehead atoms. The van der Waals surface area contributed by atoms with Gasteiger partial charge in [-0.25, -0.2) is 4.98 Å². The number of imidazole rings is 1. The van der Waals surface area contributed by atoms with Gasteiger partial charge < -0.3 is 19.7 Å². The van der Waals surface area contributed by atoms with E-state index >= 15 is 0 Å². The van der Waals surface area contributed by atoms with E-state index in [-0.39, 0.29) is 29.7 Å². The number of carbonyl (C=O) groups is 3. The molecule has 182 valence electrons. The van der Waals surface area contributed by atoms with Crippen LogP contribution in [-0.2, 0) is 16.1 Å². The van der Waals surface area contributed by atoms with Gasteiger partial charge >= 0.3 is 0 Å². The molecule has 0 radical (unpaired) electrons. The molecule has 2 aliphatic rings. The molecule has 2 aliphatic heterocycles. The van der Waals surface area contributed by atoms with E-state index in [4.69, 9.17) is 4.98 Å². The van der Waals surface area contributed by atoms with Crippen molar-refractivity contribution in [1.82, 2.24) is 29.7 Å². The maximum absolute atomic E-state index is 13.1. The zero-order valence-electron chi connectivity index (χ0n) is 19.8. The Hall–Kier alpha value is -2.88. The third-order valence-electron chi connectivity index (χ3n) is 6.51. The third-order valence-corrected chi connectivity index (χ3v) is 7.52. The lowest BCUT2D eigenvalue weighted by Crippen LogP contribution is -2.50. The van der Waals surface area contributed by atoms with Crippen LogP contribution in [0.3, 0.4) is 0 Å². The largest absolute Gasteiger partial charge is 0.352 e. The number of pyridine rings is 1. The lowest BCUT2D eigenvalue weighted by Gasteiger charge is -2.35. The third kappa shape index (κ3) is 5.60. The van der Waals surface area contributed by atoms with Crippen molar-refractivity contribution >= 4 is 29.5 Å². The Morgan fingerprint density at radius 3 is 2.71 bits per heavy atom. The molecule has 1 atom stereocenters. The standard InChI is InChI=1S/C24H32N6O3S/c1-17-4-5-20(23(32)26-8-3-10-28-13-9-25-15-28)22(27-17)19-6-11-29(12-7-19)24(33)21-14-34-16-30(21)18(2)31/h4-5,9,13,15,19,21H,3,6-8,10-12,14,16H2,1-2H3,(H,26,32). The number of likely N-dealkylation sites (tertiary alicyclic amines) is 1. The van der Waals surface area contributed by atoms with Gasteiger partial charge in [0.2, 0.25) is 11.8 Å². The molecule has 9 nitrogen and oxygen atoms in total. The molecule has 10 heteroatoms. The Morgan fingerprint density at radius 2 is 2.00 bits per heavy atom. The molecule has 2 aromatic rings. The van der Waals surface area contributed by atoms with Crippen LogP contribution in [-0.4, -0.2) is 79.4 Å². The van der Waals surface area contributed by atoms with Gasteiger partial charge in [0.05, 0.1) is 23.5 Å². The van der Waals surface area contributed by atoms with Crippen molar-refractivity contribution in [1.29, 1.82) is 0 Å². The molecule has 2 fully saturated rings. The quantitative estimate of drug-likeness (QED) is 0.604. The van der Waals surface area contributed by atoms with Crippen LogP contribution in [0.1, 0.15) is 53.8 Å². The second kappa shape index (κ2) is 11.0. The van der Waals surface area contributed by atoms with Gasteiger partial charge in [-0.3, -0.25) is 19.4 Å². The second-order valence-corrected chi connectivity index (χ2v) is 9.90. The average molecular weight is 485 g/mol. The highest BCUT2D eigenvalue weighted by molar-refractivity contribution is 7.99. The summed E-state index contributed by atoms with van der Waals surface area (Å²) >= 11 is 1.62. The number of thioether (sulfide) groups is 1. The molecule has 2 aromatic heterocycles. The molecule has 1 N–H and O–H groups in total. The Morgan fingerprint density at radius 1 is 1.21 bits per heavy atom. The summed E-state index contributed by atoms with van der Waals surface area (Å²) in [5.74, 6) is 1.23. The molecule has 3 amide bonds. The highest BCUT2D eigenvalue weighted by Gasteiger charge is 2.37. The fourth-order valence-electron chi connectivity index (χ4n) is 4.60. The molecule has 0 aliphatic carbocycles. The molecule has 4 heterocycles. The highest BCUT2D eigenvalue weighted by atomic mass is 32.2.